The van der Waals surface area contributed by atoms with Gasteiger partial charge in [0.2, 0.25) is 11.8 Å². The Bertz CT molecular complexity index is 572. The Morgan fingerprint density at radius 2 is 2.25 bits per heavy atom. The Morgan fingerprint density at radius 3 is 2.88 bits per heavy atom. The zero-order valence-electron chi connectivity index (χ0n) is 13.9. The van der Waals surface area contributed by atoms with Gasteiger partial charge in [0.25, 0.3) is 0 Å². The van der Waals surface area contributed by atoms with Crippen LogP contribution in [-0.2, 0) is 9.59 Å². The van der Waals surface area contributed by atoms with Crippen molar-refractivity contribution in [1.82, 2.24) is 15.2 Å². The van der Waals surface area contributed by atoms with Crippen molar-refractivity contribution in [1.29, 1.82) is 0 Å². The number of carbonyl (C=O) groups excluding carboxylic acids is 2. The van der Waals surface area contributed by atoms with E-state index >= 15 is 0 Å². The lowest BCUT2D eigenvalue weighted by Gasteiger charge is -2.37. The van der Waals surface area contributed by atoms with Crippen molar-refractivity contribution in [3.05, 3.63) is 30.1 Å². The smallest absolute Gasteiger partial charge is 0.222 e. The van der Waals surface area contributed by atoms with Gasteiger partial charge in [-0.15, -0.1) is 0 Å². The SMILES string of the molecule is O=C(CCCN1CCCC1=O)NC(c1ccccn1)C1CC(O)C1. The Kier molecular flexibility index (Phi) is 5.45. The highest BCUT2D eigenvalue weighted by Crippen LogP contribution is 2.37. The molecule has 0 bridgehead atoms. The molecule has 2 N–H and O–H groups in total. The van der Waals surface area contributed by atoms with Gasteiger partial charge in [-0.25, -0.2) is 0 Å². The summed E-state index contributed by atoms with van der Waals surface area (Å²) in [7, 11) is 0. The van der Waals surface area contributed by atoms with Crippen LogP contribution in [0.25, 0.3) is 0 Å². The number of amides is 2. The number of aliphatic hydroxyl groups excluding tert-OH is 1. The summed E-state index contributed by atoms with van der Waals surface area (Å²) in [5.74, 6) is 0.419. The number of pyridine rings is 1. The summed E-state index contributed by atoms with van der Waals surface area (Å²) >= 11 is 0. The van der Waals surface area contributed by atoms with Crippen LogP contribution in [0.15, 0.2) is 24.4 Å². The van der Waals surface area contributed by atoms with Crippen LogP contribution in [0.5, 0.6) is 0 Å². The summed E-state index contributed by atoms with van der Waals surface area (Å²) in [6.45, 7) is 1.47. The van der Waals surface area contributed by atoms with E-state index in [0.717, 1.165) is 18.7 Å². The maximum absolute atomic E-state index is 12.3. The van der Waals surface area contributed by atoms with E-state index in [1.807, 2.05) is 23.1 Å². The number of likely N-dealkylation sites (tertiary alicyclic amines) is 1. The zero-order chi connectivity index (χ0) is 16.9. The summed E-state index contributed by atoms with van der Waals surface area (Å²) in [4.78, 5) is 30.1. The second-order valence-electron chi connectivity index (χ2n) is 6.77. The fourth-order valence-electron chi connectivity index (χ4n) is 3.51. The van der Waals surface area contributed by atoms with Gasteiger partial charge in [-0.1, -0.05) is 6.07 Å². The van der Waals surface area contributed by atoms with Gasteiger partial charge in [0, 0.05) is 32.1 Å². The number of rotatable bonds is 7. The molecule has 0 aromatic carbocycles. The topological polar surface area (TPSA) is 82.5 Å². The molecular formula is C18H25N3O3. The number of nitrogens with one attached hydrogen (secondary N) is 1. The summed E-state index contributed by atoms with van der Waals surface area (Å²) in [5, 5.41) is 12.6. The van der Waals surface area contributed by atoms with Crippen LogP contribution in [0, 0.1) is 5.92 Å². The summed E-state index contributed by atoms with van der Waals surface area (Å²) < 4.78 is 0. The van der Waals surface area contributed by atoms with E-state index in [0.29, 0.717) is 38.6 Å². The van der Waals surface area contributed by atoms with Crippen molar-refractivity contribution in [2.75, 3.05) is 13.1 Å². The van der Waals surface area contributed by atoms with E-state index in [4.69, 9.17) is 0 Å². The highest BCUT2D eigenvalue weighted by atomic mass is 16.3. The summed E-state index contributed by atoms with van der Waals surface area (Å²) in [6, 6.07) is 5.54. The third-order valence-corrected chi connectivity index (χ3v) is 4.95. The lowest BCUT2D eigenvalue weighted by atomic mass is 9.76. The summed E-state index contributed by atoms with van der Waals surface area (Å²) in [6.07, 6.45) is 5.51. The number of hydrogen-bond donors (Lipinski definition) is 2. The normalized spacial score (nSPS) is 24.5. The fraction of sp³-hybridized carbons (Fsp3) is 0.611. The monoisotopic (exact) mass is 331 g/mol. The first-order valence-electron chi connectivity index (χ1n) is 8.79. The third kappa shape index (κ3) is 4.12. The Hall–Kier alpha value is -1.95. The second-order valence-corrected chi connectivity index (χ2v) is 6.77. The minimum Gasteiger partial charge on any atom is -0.393 e. The molecular weight excluding hydrogens is 306 g/mol. The number of carbonyl (C=O) groups is 2. The zero-order valence-corrected chi connectivity index (χ0v) is 13.9. The molecule has 2 heterocycles. The number of hydrogen-bond acceptors (Lipinski definition) is 4. The molecule has 1 unspecified atom stereocenters. The number of nitrogens with zero attached hydrogens (tertiary/aromatic N) is 2. The van der Waals surface area contributed by atoms with Crippen LogP contribution in [-0.4, -0.2) is 46.0 Å². The van der Waals surface area contributed by atoms with Crippen molar-refractivity contribution in [3.63, 3.8) is 0 Å². The fourth-order valence-corrected chi connectivity index (χ4v) is 3.51. The Balaban J connectivity index is 1.50. The van der Waals surface area contributed by atoms with Gasteiger partial charge in [-0.3, -0.25) is 14.6 Å². The predicted octanol–water partition coefficient (Wildman–Crippen LogP) is 1.41. The highest BCUT2D eigenvalue weighted by molar-refractivity contribution is 5.78. The molecule has 24 heavy (non-hydrogen) atoms. The van der Waals surface area contributed by atoms with Gasteiger partial charge >= 0.3 is 0 Å². The van der Waals surface area contributed by atoms with E-state index in [2.05, 4.69) is 10.3 Å². The van der Waals surface area contributed by atoms with Crippen LogP contribution in [0.4, 0.5) is 0 Å². The van der Waals surface area contributed by atoms with Crippen LogP contribution in [0.3, 0.4) is 0 Å². The number of aliphatic hydroxyl groups is 1. The van der Waals surface area contributed by atoms with Crippen molar-refractivity contribution in [2.45, 2.75) is 50.7 Å². The van der Waals surface area contributed by atoms with Gasteiger partial charge in [-0.2, -0.15) is 0 Å². The van der Waals surface area contributed by atoms with Crippen LogP contribution in [0.2, 0.25) is 0 Å². The van der Waals surface area contributed by atoms with Crippen molar-refractivity contribution in [2.24, 2.45) is 5.92 Å². The lowest BCUT2D eigenvalue weighted by Crippen LogP contribution is -2.41. The highest BCUT2D eigenvalue weighted by Gasteiger charge is 2.36. The lowest BCUT2D eigenvalue weighted by molar-refractivity contribution is -0.128. The van der Waals surface area contributed by atoms with E-state index in [1.165, 1.54) is 0 Å². The molecule has 1 saturated heterocycles. The molecule has 2 aliphatic rings. The molecule has 6 nitrogen and oxygen atoms in total. The van der Waals surface area contributed by atoms with Gasteiger partial charge in [0.05, 0.1) is 17.8 Å². The van der Waals surface area contributed by atoms with Gasteiger partial charge in [0.15, 0.2) is 0 Å². The summed E-state index contributed by atoms with van der Waals surface area (Å²) in [5.41, 5.74) is 0.845. The Labute approximate surface area is 142 Å². The van der Waals surface area contributed by atoms with Crippen molar-refractivity contribution in [3.8, 4) is 0 Å². The molecule has 130 valence electrons. The first kappa shape index (κ1) is 16.9. The molecule has 1 aliphatic heterocycles. The molecule has 2 fully saturated rings. The average Bonchev–Trinajstić information content (AvgIpc) is 2.96. The van der Waals surface area contributed by atoms with Gasteiger partial charge in [-0.05, 0) is 43.7 Å². The van der Waals surface area contributed by atoms with E-state index in [9.17, 15) is 14.7 Å². The second kappa shape index (κ2) is 7.75. The largest absolute Gasteiger partial charge is 0.393 e. The minimum absolute atomic E-state index is 0.0151. The third-order valence-electron chi connectivity index (χ3n) is 4.95. The molecule has 1 aliphatic carbocycles. The van der Waals surface area contributed by atoms with Gasteiger partial charge in [0.1, 0.15) is 0 Å². The van der Waals surface area contributed by atoms with E-state index in [-0.39, 0.29) is 29.9 Å². The predicted molar refractivity (Wildman–Crippen MR) is 88.9 cm³/mol. The molecule has 2 amide bonds. The standard InChI is InChI=1S/C18H25N3O3/c22-14-11-13(12-14)18(15-5-1-2-8-19-15)20-16(23)6-3-9-21-10-4-7-17(21)24/h1-2,5,8,13-14,18,22H,3-4,6-7,9-12H2,(H,20,23). The molecule has 3 rings (SSSR count). The first-order valence-corrected chi connectivity index (χ1v) is 8.79. The molecule has 1 atom stereocenters. The maximum Gasteiger partial charge on any atom is 0.222 e. The molecule has 1 aromatic heterocycles. The van der Waals surface area contributed by atoms with Crippen molar-refractivity contribution < 1.29 is 14.7 Å². The van der Waals surface area contributed by atoms with Gasteiger partial charge < -0.3 is 15.3 Å². The van der Waals surface area contributed by atoms with E-state index in [1.54, 1.807) is 6.20 Å². The first-order chi connectivity index (χ1) is 11.6. The van der Waals surface area contributed by atoms with Crippen LogP contribution < -0.4 is 5.32 Å². The maximum atomic E-state index is 12.3. The minimum atomic E-state index is -0.265. The Morgan fingerprint density at radius 1 is 1.42 bits per heavy atom. The average molecular weight is 331 g/mol. The van der Waals surface area contributed by atoms with E-state index < -0.39 is 0 Å². The molecule has 1 aromatic rings. The van der Waals surface area contributed by atoms with Crippen molar-refractivity contribution >= 4 is 11.8 Å². The molecule has 0 spiro atoms. The van der Waals surface area contributed by atoms with Crippen LogP contribution in [0.1, 0.15) is 50.3 Å². The molecule has 1 saturated carbocycles. The molecule has 0 radical (unpaired) electrons. The quantitative estimate of drug-likeness (QED) is 0.791. The van der Waals surface area contributed by atoms with Crippen LogP contribution >= 0.6 is 0 Å². The number of aromatic nitrogens is 1. The molecule has 6 heteroatoms.